The van der Waals surface area contributed by atoms with Crippen LogP contribution in [0.4, 0.5) is 0 Å². The summed E-state index contributed by atoms with van der Waals surface area (Å²) in [4.78, 5) is 7.45. The number of aliphatic imine (C=N–C) groups is 1. The summed E-state index contributed by atoms with van der Waals surface area (Å²) in [6.45, 7) is 16.4. The highest BCUT2D eigenvalue weighted by atomic mass is 127. The van der Waals surface area contributed by atoms with Crippen molar-refractivity contribution in [1.82, 2.24) is 15.5 Å². The van der Waals surface area contributed by atoms with Gasteiger partial charge in [0, 0.05) is 45.4 Å². The van der Waals surface area contributed by atoms with Crippen LogP contribution in [0.2, 0.25) is 0 Å². The smallest absolute Gasteiger partial charge is 0.191 e. The van der Waals surface area contributed by atoms with E-state index in [-0.39, 0.29) is 41.7 Å². The normalized spacial score (nSPS) is 25.6. The molecule has 0 aromatic carbocycles. The minimum absolute atomic E-state index is 0. The summed E-state index contributed by atoms with van der Waals surface area (Å²) < 4.78 is 11.2. The Kier molecular flexibility index (Phi) is 11.0. The van der Waals surface area contributed by atoms with E-state index in [1.807, 2.05) is 0 Å². The minimum Gasteiger partial charge on any atom is -0.385 e. The van der Waals surface area contributed by atoms with Crippen molar-refractivity contribution in [2.24, 2.45) is 10.4 Å². The largest absolute Gasteiger partial charge is 0.385 e. The van der Waals surface area contributed by atoms with E-state index in [0.717, 1.165) is 51.7 Å². The number of nitrogens with zero attached hydrogens (tertiary/aromatic N) is 2. The maximum absolute atomic E-state index is 5.89. The Hall–Kier alpha value is -0.120. The van der Waals surface area contributed by atoms with E-state index in [1.54, 1.807) is 7.11 Å². The molecule has 0 aromatic rings. The second-order valence-electron chi connectivity index (χ2n) is 9.12. The molecule has 0 spiro atoms. The molecule has 28 heavy (non-hydrogen) atoms. The molecule has 0 aromatic heterocycles. The standard InChI is InChI=1S/C21H42N4O2.HI/c1-7-22-19(24-16-21(9-8-10-21)11-12-26-6)23-15-20(4,5)25-13-17(2)27-18(3)14-25;/h17-18H,7-16H2,1-6H3,(H2,22,23,24);1H. The van der Waals surface area contributed by atoms with Crippen LogP contribution in [0.1, 0.15) is 60.3 Å². The van der Waals surface area contributed by atoms with Crippen LogP contribution in [0.25, 0.3) is 0 Å². The van der Waals surface area contributed by atoms with Crippen LogP contribution in [-0.2, 0) is 9.47 Å². The lowest BCUT2D eigenvalue weighted by atomic mass is 9.67. The molecule has 1 heterocycles. The van der Waals surface area contributed by atoms with Crippen LogP contribution in [0, 0.1) is 5.41 Å². The van der Waals surface area contributed by atoms with Crippen molar-refractivity contribution in [3.05, 3.63) is 0 Å². The summed E-state index contributed by atoms with van der Waals surface area (Å²) in [6, 6.07) is 0. The SMILES string of the molecule is CCNC(=NCC(C)(C)N1CC(C)OC(C)C1)NCC1(CCOC)CCC1.I. The van der Waals surface area contributed by atoms with Crippen molar-refractivity contribution in [3.63, 3.8) is 0 Å². The fourth-order valence-corrected chi connectivity index (χ4v) is 4.17. The van der Waals surface area contributed by atoms with Crippen LogP contribution in [0.3, 0.4) is 0 Å². The summed E-state index contributed by atoms with van der Waals surface area (Å²) in [6.07, 6.45) is 5.60. The molecular formula is C21H43IN4O2. The topological polar surface area (TPSA) is 58.1 Å². The van der Waals surface area contributed by atoms with Gasteiger partial charge in [0.05, 0.1) is 18.8 Å². The van der Waals surface area contributed by atoms with Crippen molar-refractivity contribution in [3.8, 4) is 0 Å². The van der Waals surface area contributed by atoms with Gasteiger partial charge in [-0.25, -0.2) is 0 Å². The molecule has 2 aliphatic rings. The Morgan fingerprint density at radius 1 is 1.21 bits per heavy atom. The Balaban J connectivity index is 0.00000392. The fourth-order valence-electron chi connectivity index (χ4n) is 4.17. The van der Waals surface area contributed by atoms with Gasteiger partial charge < -0.3 is 20.1 Å². The summed E-state index contributed by atoms with van der Waals surface area (Å²) in [5.74, 6) is 0.934. The predicted molar refractivity (Wildman–Crippen MR) is 128 cm³/mol. The quantitative estimate of drug-likeness (QED) is 0.284. The van der Waals surface area contributed by atoms with Gasteiger partial charge in [0.2, 0.25) is 0 Å². The number of ether oxygens (including phenoxy) is 2. The monoisotopic (exact) mass is 510 g/mol. The minimum atomic E-state index is 0. The number of hydrogen-bond acceptors (Lipinski definition) is 4. The van der Waals surface area contributed by atoms with E-state index in [2.05, 4.69) is 50.2 Å². The highest BCUT2D eigenvalue weighted by Crippen LogP contribution is 2.43. The van der Waals surface area contributed by atoms with Crippen molar-refractivity contribution >= 4 is 29.9 Å². The fraction of sp³-hybridized carbons (Fsp3) is 0.952. The van der Waals surface area contributed by atoms with Crippen LogP contribution in [0.5, 0.6) is 0 Å². The van der Waals surface area contributed by atoms with E-state index in [9.17, 15) is 0 Å². The van der Waals surface area contributed by atoms with Crippen molar-refractivity contribution in [1.29, 1.82) is 0 Å². The van der Waals surface area contributed by atoms with Crippen LogP contribution in [0.15, 0.2) is 4.99 Å². The van der Waals surface area contributed by atoms with Gasteiger partial charge in [-0.15, -0.1) is 24.0 Å². The maximum Gasteiger partial charge on any atom is 0.191 e. The number of methoxy groups -OCH3 is 1. The first kappa shape index (κ1) is 25.9. The van der Waals surface area contributed by atoms with E-state index < -0.39 is 0 Å². The first-order valence-electron chi connectivity index (χ1n) is 10.7. The van der Waals surface area contributed by atoms with Gasteiger partial charge in [0.15, 0.2) is 5.96 Å². The second kappa shape index (κ2) is 11.9. The molecule has 0 amide bonds. The molecule has 0 radical (unpaired) electrons. The summed E-state index contributed by atoms with van der Waals surface area (Å²) in [7, 11) is 1.79. The van der Waals surface area contributed by atoms with Crippen molar-refractivity contribution in [2.45, 2.75) is 78.0 Å². The Labute approximate surface area is 189 Å². The zero-order valence-electron chi connectivity index (χ0n) is 18.8. The van der Waals surface area contributed by atoms with Gasteiger partial charge in [-0.1, -0.05) is 6.42 Å². The average molecular weight is 511 g/mol. The lowest BCUT2D eigenvalue weighted by Crippen LogP contribution is -2.56. The van der Waals surface area contributed by atoms with Gasteiger partial charge in [-0.05, 0) is 59.3 Å². The number of rotatable bonds is 9. The predicted octanol–water partition coefficient (Wildman–Crippen LogP) is 3.25. The third-order valence-corrected chi connectivity index (χ3v) is 6.13. The lowest BCUT2D eigenvalue weighted by Gasteiger charge is -2.44. The average Bonchev–Trinajstić information content (AvgIpc) is 2.57. The highest BCUT2D eigenvalue weighted by molar-refractivity contribution is 14.0. The molecule has 166 valence electrons. The molecule has 0 bridgehead atoms. The first-order chi connectivity index (χ1) is 12.8. The van der Waals surface area contributed by atoms with Gasteiger partial charge in [0.25, 0.3) is 0 Å². The molecule has 2 fully saturated rings. The summed E-state index contributed by atoms with van der Waals surface area (Å²) >= 11 is 0. The zero-order valence-corrected chi connectivity index (χ0v) is 21.2. The third kappa shape index (κ3) is 7.61. The molecule has 6 nitrogen and oxygen atoms in total. The molecule has 1 aliphatic heterocycles. The van der Waals surface area contributed by atoms with Gasteiger partial charge in [-0.3, -0.25) is 9.89 Å². The van der Waals surface area contributed by atoms with Gasteiger partial charge in [-0.2, -0.15) is 0 Å². The highest BCUT2D eigenvalue weighted by Gasteiger charge is 2.37. The molecular weight excluding hydrogens is 467 g/mol. The van der Waals surface area contributed by atoms with E-state index in [4.69, 9.17) is 14.5 Å². The van der Waals surface area contributed by atoms with Crippen molar-refractivity contribution < 1.29 is 9.47 Å². The second-order valence-corrected chi connectivity index (χ2v) is 9.12. The molecule has 7 heteroatoms. The number of halogens is 1. The van der Waals surface area contributed by atoms with Gasteiger partial charge >= 0.3 is 0 Å². The molecule has 1 saturated heterocycles. The van der Waals surface area contributed by atoms with Crippen molar-refractivity contribution in [2.75, 3.05) is 46.4 Å². The zero-order chi connectivity index (χ0) is 19.9. The number of nitrogens with one attached hydrogen (secondary N) is 2. The van der Waals surface area contributed by atoms with Crippen LogP contribution >= 0.6 is 24.0 Å². The molecule has 2 N–H and O–H groups in total. The molecule has 1 aliphatic carbocycles. The van der Waals surface area contributed by atoms with E-state index >= 15 is 0 Å². The first-order valence-corrected chi connectivity index (χ1v) is 10.7. The van der Waals surface area contributed by atoms with Crippen LogP contribution < -0.4 is 10.6 Å². The molecule has 2 rings (SSSR count). The third-order valence-electron chi connectivity index (χ3n) is 6.13. The number of morpholine rings is 1. The number of hydrogen-bond donors (Lipinski definition) is 2. The van der Waals surface area contributed by atoms with Crippen LogP contribution in [-0.4, -0.2) is 75.0 Å². The lowest BCUT2D eigenvalue weighted by molar-refractivity contribution is -0.0939. The van der Waals surface area contributed by atoms with E-state index in [0.29, 0.717) is 5.41 Å². The molecule has 2 unspecified atom stereocenters. The summed E-state index contributed by atoms with van der Waals surface area (Å²) in [5.41, 5.74) is 0.398. The summed E-state index contributed by atoms with van der Waals surface area (Å²) in [5, 5.41) is 7.02. The number of guanidine groups is 1. The Bertz CT molecular complexity index is 473. The molecule has 2 atom stereocenters. The Morgan fingerprint density at radius 2 is 1.86 bits per heavy atom. The molecule has 1 saturated carbocycles. The Morgan fingerprint density at radius 3 is 2.36 bits per heavy atom. The maximum atomic E-state index is 5.89. The van der Waals surface area contributed by atoms with E-state index in [1.165, 1.54) is 19.3 Å². The van der Waals surface area contributed by atoms with Gasteiger partial charge in [0.1, 0.15) is 0 Å².